The highest BCUT2D eigenvalue weighted by Crippen LogP contribution is 2.37. The van der Waals surface area contributed by atoms with Crippen LogP contribution in [-0.2, 0) is 9.84 Å². The SMILES string of the molecule is CC(C)(C)c1c(OCCO[Si](C)(C)C(C)(C)C)cccc1C(N)=O. The van der Waals surface area contributed by atoms with Gasteiger partial charge in [0.05, 0.1) is 6.61 Å². The van der Waals surface area contributed by atoms with Gasteiger partial charge in [0.2, 0.25) is 5.91 Å². The molecule has 0 unspecified atom stereocenters. The van der Waals surface area contributed by atoms with Crippen LogP contribution in [0.3, 0.4) is 0 Å². The van der Waals surface area contributed by atoms with Crippen molar-refractivity contribution in [2.45, 2.75) is 65.1 Å². The third kappa shape index (κ3) is 5.08. The summed E-state index contributed by atoms with van der Waals surface area (Å²) >= 11 is 0. The van der Waals surface area contributed by atoms with Crippen LogP contribution in [-0.4, -0.2) is 27.4 Å². The van der Waals surface area contributed by atoms with Gasteiger partial charge in [-0.3, -0.25) is 4.79 Å². The van der Waals surface area contributed by atoms with Gasteiger partial charge in [0.1, 0.15) is 12.4 Å². The molecule has 1 rings (SSSR count). The summed E-state index contributed by atoms with van der Waals surface area (Å²) in [4.78, 5) is 11.7. The zero-order chi connectivity index (χ0) is 18.8. The number of rotatable bonds is 6. The second kappa shape index (κ2) is 7.27. The van der Waals surface area contributed by atoms with E-state index < -0.39 is 14.2 Å². The molecule has 0 aliphatic heterocycles. The van der Waals surface area contributed by atoms with Crippen LogP contribution >= 0.6 is 0 Å². The van der Waals surface area contributed by atoms with Crippen molar-refractivity contribution in [1.29, 1.82) is 0 Å². The van der Waals surface area contributed by atoms with E-state index in [1.54, 1.807) is 12.1 Å². The Morgan fingerprint density at radius 3 is 2.12 bits per heavy atom. The lowest BCUT2D eigenvalue weighted by atomic mass is 9.83. The van der Waals surface area contributed by atoms with Gasteiger partial charge in [0, 0.05) is 11.1 Å². The molecule has 2 N–H and O–H groups in total. The van der Waals surface area contributed by atoms with Crippen molar-refractivity contribution in [2.24, 2.45) is 5.73 Å². The van der Waals surface area contributed by atoms with Crippen molar-refractivity contribution in [3.63, 3.8) is 0 Å². The Balaban J connectivity index is 2.87. The van der Waals surface area contributed by atoms with Crippen molar-refractivity contribution in [2.75, 3.05) is 13.2 Å². The Labute approximate surface area is 147 Å². The summed E-state index contributed by atoms with van der Waals surface area (Å²) in [6.07, 6.45) is 0. The Morgan fingerprint density at radius 1 is 1.08 bits per heavy atom. The first-order valence-corrected chi connectivity index (χ1v) is 11.4. The molecule has 0 spiro atoms. The molecule has 1 aromatic carbocycles. The summed E-state index contributed by atoms with van der Waals surface area (Å²) in [6.45, 7) is 18.2. The second-order valence-electron chi connectivity index (χ2n) is 8.75. The topological polar surface area (TPSA) is 61.6 Å². The van der Waals surface area contributed by atoms with Crippen molar-refractivity contribution < 1.29 is 14.0 Å². The monoisotopic (exact) mass is 351 g/mol. The molecule has 0 radical (unpaired) electrons. The first-order valence-electron chi connectivity index (χ1n) is 8.47. The molecule has 1 aromatic rings. The zero-order valence-corrected chi connectivity index (χ0v) is 17.4. The van der Waals surface area contributed by atoms with E-state index in [9.17, 15) is 4.79 Å². The first kappa shape index (κ1) is 20.7. The van der Waals surface area contributed by atoms with Gasteiger partial charge >= 0.3 is 0 Å². The third-order valence-electron chi connectivity index (χ3n) is 4.65. The fourth-order valence-electron chi connectivity index (χ4n) is 2.30. The van der Waals surface area contributed by atoms with Crippen molar-refractivity contribution >= 4 is 14.2 Å². The van der Waals surface area contributed by atoms with Crippen LogP contribution < -0.4 is 10.5 Å². The number of carbonyl (C=O) groups is 1. The predicted molar refractivity (Wildman–Crippen MR) is 102 cm³/mol. The Bertz CT molecular complexity index is 583. The fraction of sp³-hybridized carbons (Fsp3) is 0.632. The third-order valence-corrected chi connectivity index (χ3v) is 9.19. The summed E-state index contributed by atoms with van der Waals surface area (Å²) < 4.78 is 12.1. The Morgan fingerprint density at radius 2 is 1.67 bits per heavy atom. The number of carbonyl (C=O) groups excluding carboxylic acids is 1. The van der Waals surface area contributed by atoms with Crippen LogP contribution in [0.5, 0.6) is 5.75 Å². The number of ether oxygens (including phenoxy) is 1. The van der Waals surface area contributed by atoms with Gasteiger partial charge in [-0.2, -0.15) is 0 Å². The minimum atomic E-state index is -1.78. The van der Waals surface area contributed by atoms with Crippen molar-refractivity contribution in [1.82, 2.24) is 0 Å². The van der Waals surface area contributed by atoms with Gasteiger partial charge in [-0.1, -0.05) is 47.6 Å². The fourth-order valence-corrected chi connectivity index (χ4v) is 3.32. The number of benzene rings is 1. The lowest BCUT2D eigenvalue weighted by Gasteiger charge is -2.36. The summed E-state index contributed by atoms with van der Waals surface area (Å²) in [5.41, 5.74) is 6.66. The number of hydrogen-bond acceptors (Lipinski definition) is 3. The molecule has 4 nitrogen and oxygen atoms in total. The number of primary amides is 1. The van der Waals surface area contributed by atoms with E-state index in [0.29, 0.717) is 24.5 Å². The van der Waals surface area contributed by atoms with Gasteiger partial charge in [0.25, 0.3) is 0 Å². The van der Waals surface area contributed by atoms with Crippen LogP contribution in [0.2, 0.25) is 18.1 Å². The lowest BCUT2D eigenvalue weighted by Crippen LogP contribution is -2.41. The van der Waals surface area contributed by atoms with Crippen LogP contribution in [0, 0.1) is 0 Å². The molecular weight excluding hydrogens is 318 g/mol. The van der Waals surface area contributed by atoms with E-state index in [1.165, 1.54) is 0 Å². The number of hydrogen-bond donors (Lipinski definition) is 1. The molecule has 1 amide bonds. The van der Waals surface area contributed by atoms with E-state index in [2.05, 4.69) is 33.9 Å². The summed E-state index contributed by atoms with van der Waals surface area (Å²) in [7, 11) is -1.78. The molecule has 0 atom stereocenters. The molecule has 0 heterocycles. The van der Waals surface area contributed by atoms with E-state index in [-0.39, 0.29) is 10.5 Å². The molecule has 0 aliphatic rings. The summed E-state index contributed by atoms with van der Waals surface area (Å²) in [6, 6.07) is 5.45. The maximum atomic E-state index is 11.7. The predicted octanol–water partition coefficient (Wildman–Crippen LogP) is 4.48. The smallest absolute Gasteiger partial charge is 0.249 e. The minimum Gasteiger partial charge on any atom is -0.491 e. The first-order chi connectivity index (χ1) is 10.8. The maximum Gasteiger partial charge on any atom is 0.249 e. The van der Waals surface area contributed by atoms with Gasteiger partial charge in [-0.15, -0.1) is 0 Å². The van der Waals surface area contributed by atoms with Gasteiger partial charge < -0.3 is 14.9 Å². The quantitative estimate of drug-likeness (QED) is 0.607. The Kier molecular flexibility index (Phi) is 6.28. The molecule has 24 heavy (non-hydrogen) atoms. The lowest BCUT2D eigenvalue weighted by molar-refractivity contribution is 0.0997. The van der Waals surface area contributed by atoms with E-state index in [0.717, 1.165) is 5.56 Å². The van der Waals surface area contributed by atoms with E-state index in [4.69, 9.17) is 14.9 Å². The standard InChI is InChI=1S/C19H33NO3Si/c1-18(2,3)16-14(17(20)21)10-9-11-15(16)22-12-13-23-24(7,8)19(4,5)6/h9-11H,12-13H2,1-8H3,(H2,20,21). The molecular formula is C19H33NO3Si. The molecule has 5 heteroatoms. The largest absolute Gasteiger partial charge is 0.491 e. The highest BCUT2D eigenvalue weighted by atomic mass is 28.4. The average Bonchev–Trinajstić information content (AvgIpc) is 2.40. The van der Waals surface area contributed by atoms with Crippen LogP contribution in [0.4, 0.5) is 0 Å². The molecule has 0 aliphatic carbocycles. The number of nitrogens with two attached hydrogens (primary N) is 1. The van der Waals surface area contributed by atoms with Crippen LogP contribution in [0.25, 0.3) is 0 Å². The van der Waals surface area contributed by atoms with Crippen LogP contribution in [0.15, 0.2) is 18.2 Å². The van der Waals surface area contributed by atoms with Crippen molar-refractivity contribution in [3.05, 3.63) is 29.3 Å². The number of amides is 1. The molecule has 0 aromatic heterocycles. The van der Waals surface area contributed by atoms with Crippen LogP contribution in [0.1, 0.15) is 57.5 Å². The molecule has 136 valence electrons. The van der Waals surface area contributed by atoms with Gasteiger partial charge in [-0.25, -0.2) is 0 Å². The maximum absolute atomic E-state index is 11.7. The highest BCUT2D eigenvalue weighted by molar-refractivity contribution is 6.74. The average molecular weight is 352 g/mol. The molecule has 0 saturated carbocycles. The molecule has 0 bridgehead atoms. The summed E-state index contributed by atoms with van der Waals surface area (Å²) in [5.74, 6) is 0.278. The van der Waals surface area contributed by atoms with Gasteiger partial charge in [-0.05, 0) is 35.7 Å². The van der Waals surface area contributed by atoms with Crippen molar-refractivity contribution in [3.8, 4) is 5.75 Å². The van der Waals surface area contributed by atoms with Gasteiger partial charge in [0.15, 0.2) is 8.32 Å². The zero-order valence-electron chi connectivity index (χ0n) is 16.4. The Hall–Kier alpha value is -1.33. The normalized spacial score (nSPS) is 13.0. The molecule has 0 fully saturated rings. The molecule has 0 saturated heterocycles. The minimum absolute atomic E-state index is 0.176. The van der Waals surface area contributed by atoms with E-state index in [1.807, 2.05) is 26.8 Å². The summed E-state index contributed by atoms with van der Waals surface area (Å²) in [5, 5.41) is 0.176. The van der Waals surface area contributed by atoms with E-state index >= 15 is 0 Å². The second-order valence-corrected chi connectivity index (χ2v) is 13.6. The highest BCUT2D eigenvalue weighted by Gasteiger charge is 2.37.